The molecule has 2 N–H and O–H groups in total. The molecular weight excluding hydrogens is 464 g/mol. The number of rotatable bonds is 11. The molecule has 2 aromatic rings. The fourth-order valence-corrected chi connectivity index (χ4v) is 5.51. The molecule has 3 rings (SSSR count). The number of anilines is 2. The molecule has 1 aliphatic heterocycles. The highest BCUT2D eigenvalue weighted by Gasteiger charge is 2.25. The van der Waals surface area contributed by atoms with Crippen molar-refractivity contribution in [1.29, 1.82) is 0 Å². The van der Waals surface area contributed by atoms with Crippen LogP contribution in [0.5, 0.6) is 0 Å². The SMILES string of the molecule is CCN(CC)S(=O)(=O)c1ccc(N2CCCC2)c(NC(=O)CCNC(=O)C=Cc2ccccc2)c1. The second-order valence-electron chi connectivity index (χ2n) is 8.30. The van der Waals surface area contributed by atoms with Crippen LogP contribution in [0.4, 0.5) is 11.4 Å². The Morgan fingerprint density at radius 1 is 1.03 bits per heavy atom. The van der Waals surface area contributed by atoms with Gasteiger partial charge in [-0.1, -0.05) is 44.2 Å². The van der Waals surface area contributed by atoms with Crippen LogP contribution in [0, 0.1) is 0 Å². The van der Waals surface area contributed by atoms with Crippen LogP contribution in [0.2, 0.25) is 0 Å². The van der Waals surface area contributed by atoms with Crippen LogP contribution in [0.1, 0.15) is 38.7 Å². The first-order chi connectivity index (χ1) is 16.8. The number of hydrogen-bond acceptors (Lipinski definition) is 5. The van der Waals surface area contributed by atoms with Crippen LogP contribution in [0.3, 0.4) is 0 Å². The summed E-state index contributed by atoms with van der Waals surface area (Å²) in [7, 11) is -3.66. The predicted molar refractivity (Wildman–Crippen MR) is 140 cm³/mol. The fourth-order valence-electron chi connectivity index (χ4n) is 4.03. The molecule has 0 saturated carbocycles. The van der Waals surface area contributed by atoms with E-state index in [4.69, 9.17) is 0 Å². The number of carbonyl (C=O) groups excluding carboxylic acids is 2. The minimum absolute atomic E-state index is 0.0668. The average molecular weight is 499 g/mol. The Morgan fingerprint density at radius 2 is 1.71 bits per heavy atom. The van der Waals surface area contributed by atoms with E-state index < -0.39 is 10.0 Å². The summed E-state index contributed by atoms with van der Waals surface area (Å²) in [6.07, 6.45) is 5.31. The highest BCUT2D eigenvalue weighted by Crippen LogP contribution is 2.32. The molecular formula is C26H34N4O4S. The number of benzene rings is 2. The molecule has 2 aromatic carbocycles. The minimum Gasteiger partial charge on any atom is -0.370 e. The van der Waals surface area contributed by atoms with Gasteiger partial charge in [0.15, 0.2) is 0 Å². The summed E-state index contributed by atoms with van der Waals surface area (Å²) in [6.45, 7) is 6.21. The number of sulfonamides is 1. The second kappa shape index (κ2) is 12.5. The first-order valence-corrected chi connectivity index (χ1v) is 13.5. The van der Waals surface area contributed by atoms with Crippen molar-refractivity contribution in [1.82, 2.24) is 9.62 Å². The lowest BCUT2D eigenvalue weighted by Gasteiger charge is -2.24. The van der Waals surface area contributed by atoms with Crippen molar-refractivity contribution >= 4 is 39.3 Å². The monoisotopic (exact) mass is 498 g/mol. The molecule has 1 heterocycles. The van der Waals surface area contributed by atoms with Gasteiger partial charge in [-0.15, -0.1) is 0 Å². The molecule has 35 heavy (non-hydrogen) atoms. The second-order valence-corrected chi connectivity index (χ2v) is 10.2. The molecule has 1 fully saturated rings. The van der Waals surface area contributed by atoms with Gasteiger partial charge in [-0.2, -0.15) is 4.31 Å². The first-order valence-electron chi connectivity index (χ1n) is 12.0. The molecule has 0 spiro atoms. The molecule has 188 valence electrons. The summed E-state index contributed by atoms with van der Waals surface area (Å²) in [5.41, 5.74) is 2.19. The van der Waals surface area contributed by atoms with E-state index in [1.807, 2.05) is 30.3 Å². The van der Waals surface area contributed by atoms with E-state index in [0.717, 1.165) is 37.2 Å². The first kappa shape index (κ1) is 26.4. The molecule has 1 saturated heterocycles. The third-order valence-corrected chi connectivity index (χ3v) is 7.96. The summed E-state index contributed by atoms with van der Waals surface area (Å²) in [4.78, 5) is 27.0. The maximum atomic E-state index is 13.0. The van der Waals surface area contributed by atoms with Gasteiger partial charge in [0.05, 0.1) is 16.3 Å². The Bertz CT molecular complexity index is 1140. The van der Waals surface area contributed by atoms with E-state index in [0.29, 0.717) is 18.8 Å². The summed E-state index contributed by atoms with van der Waals surface area (Å²) >= 11 is 0. The number of nitrogens with one attached hydrogen (secondary N) is 2. The lowest BCUT2D eigenvalue weighted by Crippen LogP contribution is -2.31. The Hall–Kier alpha value is -3.17. The standard InChI is InChI=1S/C26H34N4O4S/c1-3-30(4-2)35(33,34)22-13-14-24(29-18-8-9-19-29)23(20-22)28-26(32)16-17-27-25(31)15-12-21-10-6-5-7-11-21/h5-7,10-15,20H,3-4,8-9,16-19H2,1-2H3,(H,27,31)(H,28,32). The lowest BCUT2D eigenvalue weighted by atomic mass is 10.2. The van der Waals surface area contributed by atoms with Crippen LogP contribution in [0.15, 0.2) is 59.5 Å². The van der Waals surface area contributed by atoms with Crippen LogP contribution >= 0.6 is 0 Å². The van der Waals surface area contributed by atoms with Crippen molar-refractivity contribution in [3.63, 3.8) is 0 Å². The number of carbonyl (C=O) groups is 2. The third-order valence-electron chi connectivity index (χ3n) is 5.91. The minimum atomic E-state index is -3.66. The van der Waals surface area contributed by atoms with Gasteiger partial charge >= 0.3 is 0 Å². The summed E-state index contributed by atoms with van der Waals surface area (Å²) in [6, 6.07) is 14.4. The van der Waals surface area contributed by atoms with Crippen molar-refractivity contribution < 1.29 is 18.0 Å². The van der Waals surface area contributed by atoms with E-state index in [-0.39, 0.29) is 29.7 Å². The molecule has 0 radical (unpaired) electrons. The Labute approximate surface area is 208 Å². The Morgan fingerprint density at radius 3 is 2.37 bits per heavy atom. The van der Waals surface area contributed by atoms with Crippen LogP contribution in [-0.2, 0) is 19.6 Å². The molecule has 0 atom stereocenters. The molecule has 9 heteroatoms. The van der Waals surface area contributed by atoms with Gasteiger partial charge in [0, 0.05) is 45.2 Å². The highest BCUT2D eigenvalue weighted by atomic mass is 32.2. The smallest absolute Gasteiger partial charge is 0.244 e. The average Bonchev–Trinajstić information content (AvgIpc) is 3.39. The zero-order chi connectivity index (χ0) is 25.3. The van der Waals surface area contributed by atoms with E-state index in [9.17, 15) is 18.0 Å². The van der Waals surface area contributed by atoms with Gasteiger partial charge < -0.3 is 15.5 Å². The van der Waals surface area contributed by atoms with Crippen molar-refractivity contribution in [3.05, 3.63) is 60.2 Å². The van der Waals surface area contributed by atoms with Crippen molar-refractivity contribution in [2.24, 2.45) is 0 Å². The Balaban J connectivity index is 1.67. The van der Waals surface area contributed by atoms with Crippen molar-refractivity contribution in [2.45, 2.75) is 38.0 Å². The normalized spacial score (nSPS) is 14.0. The summed E-state index contributed by atoms with van der Waals surface area (Å²) in [5, 5.41) is 5.58. The van der Waals surface area contributed by atoms with Gasteiger partial charge in [-0.05, 0) is 42.7 Å². The van der Waals surface area contributed by atoms with Crippen LogP contribution < -0.4 is 15.5 Å². The quantitative estimate of drug-likeness (QED) is 0.462. The third kappa shape index (κ3) is 7.16. The topological polar surface area (TPSA) is 98.8 Å². The molecule has 0 bridgehead atoms. The zero-order valence-corrected chi connectivity index (χ0v) is 21.2. The van der Waals surface area contributed by atoms with Crippen LogP contribution in [0.25, 0.3) is 6.08 Å². The fraction of sp³-hybridized carbons (Fsp3) is 0.385. The zero-order valence-electron chi connectivity index (χ0n) is 20.4. The van der Waals surface area contributed by atoms with Crippen LogP contribution in [-0.4, -0.2) is 57.3 Å². The van der Waals surface area contributed by atoms with E-state index in [1.165, 1.54) is 10.4 Å². The van der Waals surface area contributed by atoms with Gasteiger partial charge in [0.2, 0.25) is 21.8 Å². The number of amides is 2. The van der Waals surface area contributed by atoms with Gasteiger partial charge in [0.1, 0.15) is 0 Å². The summed E-state index contributed by atoms with van der Waals surface area (Å²) < 4.78 is 27.4. The predicted octanol–water partition coefficient (Wildman–Crippen LogP) is 3.48. The van der Waals surface area contributed by atoms with Gasteiger partial charge in [-0.25, -0.2) is 8.42 Å². The molecule has 0 unspecified atom stereocenters. The molecule has 8 nitrogen and oxygen atoms in total. The molecule has 0 aliphatic carbocycles. The molecule has 0 aromatic heterocycles. The number of hydrogen-bond donors (Lipinski definition) is 2. The van der Waals surface area contributed by atoms with Crippen molar-refractivity contribution in [2.75, 3.05) is 42.9 Å². The molecule has 2 amide bonds. The highest BCUT2D eigenvalue weighted by molar-refractivity contribution is 7.89. The van der Waals surface area contributed by atoms with Crippen molar-refractivity contribution in [3.8, 4) is 0 Å². The van der Waals surface area contributed by atoms with E-state index in [1.54, 1.807) is 38.1 Å². The largest absolute Gasteiger partial charge is 0.370 e. The maximum Gasteiger partial charge on any atom is 0.244 e. The maximum absolute atomic E-state index is 13.0. The molecule has 1 aliphatic rings. The van der Waals surface area contributed by atoms with E-state index in [2.05, 4.69) is 15.5 Å². The van der Waals surface area contributed by atoms with Gasteiger partial charge in [0.25, 0.3) is 0 Å². The van der Waals surface area contributed by atoms with Gasteiger partial charge in [-0.3, -0.25) is 9.59 Å². The Kier molecular flexibility index (Phi) is 9.45. The summed E-state index contributed by atoms with van der Waals surface area (Å²) in [5.74, 6) is -0.582. The number of nitrogens with zero attached hydrogens (tertiary/aromatic N) is 2. The lowest BCUT2D eigenvalue weighted by molar-refractivity contribution is -0.117. The van der Waals surface area contributed by atoms with E-state index >= 15 is 0 Å².